The Hall–Kier alpha value is -3.40. The Morgan fingerprint density at radius 2 is 1.48 bits per heavy atom. The summed E-state index contributed by atoms with van der Waals surface area (Å²) in [4.78, 5) is 4.41. The third-order valence-electron chi connectivity index (χ3n) is 3.82. The van der Waals surface area contributed by atoms with Gasteiger partial charge in [0.25, 0.3) is 0 Å². The van der Waals surface area contributed by atoms with Crippen molar-refractivity contribution in [1.82, 2.24) is 0 Å². The van der Waals surface area contributed by atoms with Gasteiger partial charge in [0.1, 0.15) is 5.84 Å². The molecule has 0 aliphatic carbocycles. The maximum atomic E-state index is 7.24. The van der Waals surface area contributed by atoms with E-state index in [1.54, 1.807) is 6.92 Å². The molecule has 3 aromatic carbocycles. The minimum atomic E-state index is 0. The third-order valence-corrected chi connectivity index (χ3v) is 3.82. The summed E-state index contributed by atoms with van der Waals surface area (Å²) in [6.45, 7) is 1.79. The molecule has 0 atom stereocenters. The highest BCUT2D eigenvalue weighted by molar-refractivity contribution is 6.06. The lowest BCUT2D eigenvalue weighted by Gasteiger charge is -2.08. The molecule has 4 rings (SSSR count). The molecule has 0 spiro atoms. The highest BCUT2D eigenvalue weighted by Crippen LogP contribution is 2.32. The topological polar surface area (TPSA) is 74.3 Å². The van der Waals surface area contributed by atoms with Crippen molar-refractivity contribution in [2.45, 2.75) is 6.92 Å². The highest BCUT2D eigenvalue weighted by Gasteiger charge is 2.12. The van der Waals surface area contributed by atoms with Gasteiger partial charge in [-0.25, -0.2) is 4.99 Å². The summed E-state index contributed by atoms with van der Waals surface area (Å²) in [5.41, 5.74) is 11.4. The van der Waals surface area contributed by atoms with Gasteiger partial charge < -0.3 is 16.5 Å². The predicted molar refractivity (Wildman–Crippen MR) is 108 cm³/mol. The van der Waals surface area contributed by atoms with Crippen LogP contribution in [0.25, 0.3) is 0 Å². The van der Waals surface area contributed by atoms with Crippen LogP contribution >= 0.6 is 0 Å². The molecule has 0 saturated carbocycles. The monoisotopic (exact) mass is 330 g/mol. The quantitative estimate of drug-likeness (QED) is 0.543. The minimum absolute atomic E-state index is 0. The number of rotatable bonds is 1. The fourth-order valence-electron chi connectivity index (χ4n) is 2.52. The van der Waals surface area contributed by atoms with Crippen molar-refractivity contribution < 1.29 is 1.43 Å². The van der Waals surface area contributed by atoms with Gasteiger partial charge in [0, 0.05) is 18.4 Å². The Labute approximate surface area is 149 Å². The number of anilines is 2. The zero-order valence-electron chi connectivity index (χ0n) is 14.0. The Bertz CT molecular complexity index is 920. The van der Waals surface area contributed by atoms with E-state index in [1.807, 2.05) is 78.9 Å². The zero-order chi connectivity index (χ0) is 17.6. The first kappa shape index (κ1) is 16.5. The first-order chi connectivity index (χ1) is 12.1. The van der Waals surface area contributed by atoms with Crippen LogP contribution in [0.4, 0.5) is 17.1 Å². The first-order valence-corrected chi connectivity index (χ1v) is 8.05. The van der Waals surface area contributed by atoms with Crippen molar-refractivity contribution in [1.29, 1.82) is 5.41 Å². The fraction of sp³-hybridized carbons (Fsp3) is 0.0476. The van der Waals surface area contributed by atoms with Crippen LogP contribution in [0.2, 0.25) is 0 Å². The molecule has 1 aliphatic rings. The minimum Gasteiger partial charge on any atom is -0.383 e. The van der Waals surface area contributed by atoms with Gasteiger partial charge in [-0.3, -0.25) is 0 Å². The number of para-hydroxylation sites is 3. The summed E-state index contributed by atoms with van der Waals surface area (Å²) >= 11 is 0. The summed E-state index contributed by atoms with van der Waals surface area (Å²) < 4.78 is 0. The normalized spacial score (nSPS) is 11.5. The van der Waals surface area contributed by atoms with E-state index in [9.17, 15) is 0 Å². The number of nitrogens with one attached hydrogen (secondary N) is 2. The summed E-state index contributed by atoms with van der Waals surface area (Å²) in [5, 5.41) is 10.6. The van der Waals surface area contributed by atoms with Crippen molar-refractivity contribution in [3.8, 4) is 0 Å². The maximum absolute atomic E-state index is 7.24. The molecule has 126 valence electrons. The summed E-state index contributed by atoms with van der Waals surface area (Å²) in [6.07, 6.45) is 0. The van der Waals surface area contributed by atoms with E-state index in [0.29, 0.717) is 11.5 Å². The fourth-order valence-corrected chi connectivity index (χ4v) is 2.52. The summed E-state index contributed by atoms with van der Waals surface area (Å²) in [7, 11) is 0. The Morgan fingerprint density at radius 3 is 2.16 bits per heavy atom. The van der Waals surface area contributed by atoms with Gasteiger partial charge in [0.15, 0.2) is 0 Å². The third kappa shape index (κ3) is 3.93. The van der Waals surface area contributed by atoms with Crippen LogP contribution in [0, 0.1) is 5.41 Å². The van der Waals surface area contributed by atoms with E-state index in [1.165, 1.54) is 0 Å². The van der Waals surface area contributed by atoms with Gasteiger partial charge in [-0.15, -0.1) is 0 Å². The van der Waals surface area contributed by atoms with Crippen molar-refractivity contribution in [3.63, 3.8) is 0 Å². The van der Waals surface area contributed by atoms with E-state index in [0.717, 1.165) is 28.2 Å². The predicted octanol–water partition coefficient (Wildman–Crippen LogP) is 5.10. The SMILES string of the molecule is CC(=N)c1ccccc1.NC1=Nc2ccccc2Nc2ccccc21.[HH]. The van der Waals surface area contributed by atoms with Gasteiger partial charge in [0.2, 0.25) is 0 Å². The molecule has 0 unspecified atom stereocenters. The van der Waals surface area contributed by atoms with E-state index in [4.69, 9.17) is 11.1 Å². The number of fused-ring (bicyclic) bond motifs is 2. The Morgan fingerprint density at radius 1 is 0.880 bits per heavy atom. The molecular weight excluding hydrogens is 308 g/mol. The standard InChI is InChI=1S/C13H11N3.C8H9N.H2/c14-13-9-5-1-2-6-10(9)15-11-7-3-4-8-12(11)16-13;1-7(9)8-5-3-2-4-6-8;/h1-8,15H,(H2,14,16);2-6,9H,1H3;1H. The van der Waals surface area contributed by atoms with E-state index in [-0.39, 0.29) is 1.43 Å². The Balaban J connectivity index is 0.000000210. The second kappa shape index (κ2) is 7.45. The van der Waals surface area contributed by atoms with Gasteiger partial charge in [-0.2, -0.15) is 0 Å². The smallest absolute Gasteiger partial charge is 0.133 e. The molecule has 4 N–H and O–H groups in total. The molecule has 0 aromatic heterocycles. The van der Waals surface area contributed by atoms with Crippen LogP contribution in [0.3, 0.4) is 0 Å². The second-order valence-corrected chi connectivity index (χ2v) is 5.68. The first-order valence-electron chi connectivity index (χ1n) is 8.05. The number of nitrogens with two attached hydrogens (primary N) is 1. The average molecular weight is 330 g/mol. The van der Waals surface area contributed by atoms with Gasteiger partial charge in [-0.05, 0) is 36.8 Å². The van der Waals surface area contributed by atoms with Crippen LogP contribution in [-0.4, -0.2) is 11.5 Å². The summed E-state index contributed by atoms with van der Waals surface area (Å²) in [6, 6.07) is 25.5. The number of hydrogen-bond acceptors (Lipinski definition) is 4. The van der Waals surface area contributed by atoms with Crippen LogP contribution in [0.5, 0.6) is 0 Å². The molecule has 3 aromatic rings. The van der Waals surface area contributed by atoms with Gasteiger partial charge in [-0.1, -0.05) is 54.6 Å². The molecule has 4 heteroatoms. The van der Waals surface area contributed by atoms with E-state index in [2.05, 4.69) is 10.3 Å². The average Bonchev–Trinajstić information content (AvgIpc) is 2.79. The highest BCUT2D eigenvalue weighted by atomic mass is 15.0. The largest absolute Gasteiger partial charge is 0.383 e. The molecule has 4 nitrogen and oxygen atoms in total. The number of amidine groups is 1. The molecule has 0 amide bonds. The van der Waals surface area contributed by atoms with Crippen LogP contribution < -0.4 is 11.1 Å². The maximum Gasteiger partial charge on any atom is 0.133 e. The van der Waals surface area contributed by atoms with Crippen molar-refractivity contribution in [2.24, 2.45) is 10.7 Å². The second-order valence-electron chi connectivity index (χ2n) is 5.68. The molecule has 1 aliphatic heterocycles. The van der Waals surface area contributed by atoms with Gasteiger partial charge in [0.05, 0.1) is 11.4 Å². The Kier molecular flexibility index (Phi) is 4.90. The van der Waals surface area contributed by atoms with Gasteiger partial charge >= 0.3 is 0 Å². The molecule has 25 heavy (non-hydrogen) atoms. The number of nitrogens with zero attached hydrogens (tertiary/aromatic N) is 1. The van der Waals surface area contributed by atoms with Crippen LogP contribution in [0.1, 0.15) is 19.5 Å². The molecule has 0 radical (unpaired) electrons. The molecule has 1 heterocycles. The van der Waals surface area contributed by atoms with Crippen LogP contribution in [0.15, 0.2) is 83.9 Å². The molecular formula is C21H22N4. The van der Waals surface area contributed by atoms with E-state index < -0.39 is 0 Å². The number of hydrogen-bond donors (Lipinski definition) is 3. The summed E-state index contributed by atoms with van der Waals surface area (Å²) in [5.74, 6) is 0.549. The molecule has 0 fully saturated rings. The number of benzene rings is 3. The van der Waals surface area contributed by atoms with Crippen molar-refractivity contribution >= 4 is 28.6 Å². The number of aliphatic imine (C=N–C) groups is 1. The van der Waals surface area contributed by atoms with Crippen LogP contribution in [-0.2, 0) is 0 Å². The van der Waals surface area contributed by atoms with Crippen molar-refractivity contribution in [2.75, 3.05) is 5.32 Å². The lowest BCUT2D eigenvalue weighted by atomic mass is 10.1. The lowest BCUT2D eigenvalue weighted by molar-refractivity contribution is 1.46. The van der Waals surface area contributed by atoms with E-state index >= 15 is 0 Å². The van der Waals surface area contributed by atoms with Crippen molar-refractivity contribution in [3.05, 3.63) is 90.0 Å². The molecule has 0 saturated heterocycles. The lowest BCUT2D eigenvalue weighted by Crippen LogP contribution is -2.13. The zero-order valence-corrected chi connectivity index (χ0v) is 14.0. The molecule has 0 bridgehead atoms.